The van der Waals surface area contributed by atoms with Crippen LogP contribution in [0.4, 0.5) is 14.6 Å². The summed E-state index contributed by atoms with van der Waals surface area (Å²) in [6, 6.07) is 14.1. The molecule has 0 N–H and O–H groups in total. The molecule has 0 radical (unpaired) electrons. The fourth-order valence-corrected chi connectivity index (χ4v) is 3.16. The minimum absolute atomic E-state index is 0.0981. The number of imidazole rings is 1. The molecule has 2 aromatic carbocycles. The Balaban J connectivity index is 1.34. The molecule has 0 unspecified atom stereocenters. The van der Waals surface area contributed by atoms with Crippen LogP contribution < -0.4 is 9.47 Å². The molecule has 0 saturated carbocycles. The molecule has 1 aliphatic rings. The van der Waals surface area contributed by atoms with Crippen molar-refractivity contribution in [3.05, 3.63) is 70.4 Å². The Morgan fingerprint density at radius 2 is 2.06 bits per heavy atom. The van der Waals surface area contributed by atoms with Gasteiger partial charge in [0.2, 0.25) is 0 Å². The largest absolute Gasteiger partial charge is 0.443 e. The van der Waals surface area contributed by atoms with E-state index in [9.17, 15) is 18.9 Å². The Kier molecular flexibility index (Phi) is 6.28. The van der Waals surface area contributed by atoms with Gasteiger partial charge in [-0.2, -0.15) is 8.78 Å². The number of fused-ring (bicyclic) bond motifs is 1. The second kappa shape index (κ2) is 9.45. The summed E-state index contributed by atoms with van der Waals surface area (Å²) < 4.78 is 41.6. The van der Waals surface area contributed by atoms with Crippen molar-refractivity contribution in [3.8, 4) is 34.7 Å². The summed E-state index contributed by atoms with van der Waals surface area (Å²) in [7, 11) is 0. The number of nitro groups is 1. The minimum Gasteiger partial charge on any atom is -0.443 e. The summed E-state index contributed by atoms with van der Waals surface area (Å²) in [5.41, 5.74) is 2.50. The maximum Gasteiger partial charge on any atom is 0.414 e. The number of nitrogens with zero attached hydrogens (tertiary/aromatic N) is 3. The molecular formula is C22H17F2N3O5. The van der Waals surface area contributed by atoms with Crippen LogP contribution in [0.15, 0.2) is 54.7 Å². The lowest BCUT2D eigenvalue weighted by Crippen LogP contribution is -2.32. The molecule has 10 heteroatoms. The van der Waals surface area contributed by atoms with Crippen LogP contribution in [0.5, 0.6) is 11.8 Å². The topological polar surface area (TPSA) is 88.7 Å². The Morgan fingerprint density at radius 1 is 1.25 bits per heavy atom. The maximum absolute atomic E-state index is 12.3. The fraction of sp³-hybridized carbons (Fsp3) is 0.227. The number of halogens is 2. The molecule has 2 heterocycles. The van der Waals surface area contributed by atoms with E-state index < -0.39 is 11.5 Å². The van der Waals surface area contributed by atoms with Crippen molar-refractivity contribution >= 4 is 5.82 Å². The third-order valence-electron chi connectivity index (χ3n) is 4.61. The van der Waals surface area contributed by atoms with Gasteiger partial charge in [-0.1, -0.05) is 36.1 Å². The molecule has 32 heavy (non-hydrogen) atoms. The zero-order chi connectivity index (χ0) is 22.5. The molecule has 8 nitrogen and oxygen atoms in total. The average Bonchev–Trinajstić information content (AvgIpc) is 3.21. The van der Waals surface area contributed by atoms with Crippen LogP contribution in [0.3, 0.4) is 0 Å². The van der Waals surface area contributed by atoms with Crippen molar-refractivity contribution in [3.63, 3.8) is 0 Å². The molecule has 4 rings (SSSR count). The Bertz CT molecular complexity index is 1170. The van der Waals surface area contributed by atoms with E-state index in [0.717, 1.165) is 16.7 Å². The predicted molar refractivity (Wildman–Crippen MR) is 110 cm³/mol. The van der Waals surface area contributed by atoms with Gasteiger partial charge < -0.3 is 24.3 Å². The maximum atomic E-state index is 12.3. The smallest absolute Gasteiger partial charge is 0.414 e. The van der Waals surface area contributed by atoms with Crippen LogP contribution >= 0.6 is 0 Å². The Hall–Kier alpha value is -3.97. The van der Waals surface area contributed by atoms with Crippen LogP contribution in [0.2, 0.25) is 0 Å². The highest BCUT2D eigenvalue weighted by atomic mass is 19.3. The SMILES string of the molecule is O=[N+]([O-])c1cn2c(n1)OC[C@@H](OCC#Cc1cccc(-c3ccc(OC(F)F)cc3)c1)C2. The van der Waals surface area contributed by atoms with E-state index in [1.807, 2.05) is 24.3 Å². The summed E-state index contributed by atoms with van der Waals surface area (Å²) >= 11 is 0. The van der Waals surface area contributed by atoms with E-state index in [4.69, 9.17) is 9.47 Å². The summed E-state index contributed by atoms with van der Waals surface area (Å²) in [6.07, 6.45) is 1.01. The van der Waals surface area contributed by atoms with Crippen LogP contribution in [0, 0.1) is 22.0 Å². The zero-order valence-corrected chi connectivity index (χ0v) is 16.6. The number of hydrogen-bond acceptors (Lipinski definition) is 6. The van der Waals surface area contributed by atoms with E-state index in [1.54, 1.807) is 16.7 Å². The molecule has 164 valence electrons. The van der Waals surface area contributed by atoms with Gasteiger partial charge in [-0.3, -0.25) is 4.57 Å². The molecule has 0 fully saturated rings. The van der Waals surface area contributed by atoms with E-state index in [-0.39, 0.29) is 36.9 Å². The van der Waals surface area contributed by atoms with Gasteiger partial charge in [0, 0.05) is 10.5 Å². The number of benzene rings is 2. The van der Waals surface area contributed by atoms with Crippen LogP contribution in [0.25, 0.3) is 11.1 Å². The van der Waals surface area contributed by atoms with Crippen molar-refractivity contribution in [1.29, 1.82) is 0 Å². The summed E-state index contributed by atoms with van der Waals surface area (Å²) in [4.78, 5) is 14.0. The molecule has 0 spiro atoms. The lowest BCUT2D eigenvalue weighted by atomic mass is 10.0. The first-order chi connectivity index (χ1) is 15.5. The van der Waals surface area contributed by atoms with Gasteiger partial charge >= 0.3 is 18.4 Å². The second-order valence-corrected chi connectivity index (χ2v) is 6.82. The third kappa shape index (κ3) is 5.19. The Labute approximate surface area is 181 Å². The van der Waals surface area contributed by atoms with Gasteiger partial charge in [0.05, 0.1) is 6.54 Å². The van der Waals surface area contributed by atoms with Crippen LogP contribution in [-0.4, -0.2) is 40.4 Å². The van der Waals surface area contributed by atoms with Gasteiger partial charge in [0.25, 0.3) is 0 Å². The molecule has 1 aromatic heterocycles. The third-order valence-corrected chi connectivity index (χ3v) is 4.61. The lowest BCUT2D eigenvalue weighted by molar-refractivity contribution is -0.389. The predicted octanol–water partition coefficient (Wildman–Crippen LogP) is 3.89. The van der Waals surface area contributed by atoms with Crippen molar-refractivity contribution in [2.45, 2.75) is 19.3 Å². The normalized spacial score (nSPS) is 14.8. The van der Waals surface area contributed by atoms with Crippen LogP contribution in [0.1, 0.15) is 5.56 Å². The minimum atomic E-state index is -2.86. The molecule has 0 bridgehead atoms. The molecule has 1 atom stereocenters. The number of hydrogen-bond donors (Lipinski definition) is 0. The van der Waals surface area contributed by atoms with E-state index in [0.29, 0.717) is 6.54 Å². The number of ether oxygens (including phenoxy) is 3. The fourth-order valence-electron chi connectivity index (χ4n) is 3.16. The number of aromatic nitrogens is 2. The number of rotatable bonds is 6. The van der Waals surface area contributed by atoms with E-state index >= 15 is 0 Å². The van der Waals surface area contributed by atoms with Gasteiger partial charge in [0.15, 0.2) is 0 Å². The lowest BCUT2D eigenvalue weighted by Gasteiger charge is -2.21. The standard InChI is InChI=1S/C22H17F2N3O5/c23-21(24)32-18-8-6-16(7-9-18)17-5-1-3-15(11-17)4-2-10-30-19-12-26-13-20(27(28)29)25-22(26)31-14-19/h1,3,5-9,11,13,19,21H,10,12,14H2/t19-/m0/s1. The molecule has 1 aliphatic heterocycles. The van der Waals surface area contributed by atoms with Gasteiger partial charge in [-0.15, -0.1) is 0 Å². The molecule has 0 amide bonds. The molecule has 0 aliphatic carbocycles. The quantitative estimate of drug-likeness (QED) is 0.328. The van der Waals surface area contributed by atoms with Crippen molar-refractivity contribution in [2.75, 3.05) is 13.2 Å². The Morgan fingerprint density at radius 3 is 2.81 bits per heavy atom. The highest BCUT2D eigenvalue weighted by Gasteiger charge is 2.28. The first-order valence-electron chi connectivity index (χ1n) is 9.58. The highest BCUT2D eigenvalue weighted by molar-refractivity contribution is 5.66. The van der Waals surface area contributed by atoms with Crippen molar-refractivity contribution < 1.29 is 27.9 Å². The van der Waals surface area contributed by atoms with E-state index in [1.165, 1.54) is 18.3 Å². The van der Waals surface area contributed by atoms with Crippen molar-refractivity contribution in [1.82, 2.24) is 9.55 Å². The van der Waals surface area contributed by atoms with Crippen LogP contribution in [-0.2, 0) is 11.3 Å². The molecular weight excluding hydrogens is 424 g/mol. The summed E-state index contributed by atoms with van der Waals surface area (Å²) in [6.45, 7) is -2.08. The van der Waals surface area contributed by atoms with Gasteiger partial charge in [0.1, 0.15) is 31.3 Å². The van der Waals surface area contributed by atoms with E-state index in [2.05, 4.69) is 21.6 Å². The molecule has 0 saturated heterocycles. The van der Waals surface area contributed by atoms with Gasteiger partial charge in [-0.05, 0) is 40.3 Å². The second-order valence-electron chi connectivity index (χ2n) is 6.82. The van der Waals surface area contributed by atoms with Crippen molar-refractivity contribution in [2.24, 2.45) is 0 Å². The first-order valence-corrected chi connectivity index (χ1v) is 9.58. The average molecular weight is 441 g/mol. The first kappa shape index (κ1) is 21.3. The summed E-state index contributed by atoms with van der Waals surface area (Å²) in [5, 5.41) is 10.8. The monoisotopic (exact) mass is 441 g/mol. The molecule has 3 aromatic rings. The van der Waals surface area contributed by atoms with Gasteiger partial charge in [-0.25, -0.2) is 0 Å². The highest BCUT2D eigenvalue weighted by Crippen LogP contribution is 2.24. The summed E-state index contributed by atoms with van der Waals surface area (Å²) in [5.74, 6) is 5.79. The zero-order valence-electron chi connectivity index (χ0n) is 16.6. The number of alkyl halides is 2.